The second-order valence-corrected chi connectivity index (χ2v) is 6.42. The van der Waals surface area contributed by atoms with Gasteiger partial charge in [0.15, 0.2) is 0 Å². The predicted octanol–water partition coefficient (Wildman–Crippen LogP) is 3.18. The Labute approximate surface area is 122 Å². The minimum Gasteiger partial charge on any atom is -0.393 e. The maximum absolute atomic E-state index is 5.97. The summed E-state index contributed by atoms with van der Waals surface area (Å²) in [7, 11) is 0. The van der Waals surface area contributed by atoms with Crippen LogP contribution in [0.4, 0.5) is 0 Å². The molecule has 0 heterocycles. The van der Waals surface area contributed by atoms with Crippen molar-refractivity contribution in [1.82, 2.24) is 4.90 Å². The summed E-state index contributed by atoms with van der Waals surface area (Å²) < 4.78 is 0. The summed E-state index contributed by atoms with van der Waals surface area (Å²) in [6.45, 7) is 6.64. The fourth-order valence-corrected chi connectivity index (χ4v) is 2.77. The summed E-state index contributed by atoms with van der Waals surface area (Å²) in [6.07, 6.45) is 2.65. The molecule has 0 aromatic heterocycles. The number of rotatable bonds is 7. The zero-order valence-electron chi connectivity index (χ0n) is 11.9. The third kappa shape index (κ3) is 4.29. The van der Waals surface area contributed by atoms with Gasteiger partial charge in [-0.05, 0) is 24.3 Å². The number of nitrogens with zero attached hydrogens (tertiary/aromatic N) is 1. The fraction of sp³-hybridized carbons (Fsp3) is 0.562. The van der Waals surface area contributed by atoms with Crippen molar-refractivity contribution in [1.29, 1.82) is 0 Å². The van der Waals surface area contributed by atoms with Crippen molar-refractivity contribution in [2.75, 3.05) is 13.1 Å². The lowest BCUT2D eigenvalue weighted by atomic mass is 9.98. The van der Waals surface area contributed by atoms with Crippen LogP contribution in [0.15, 0.2) is 30.3 Å². The van der Waals surface area contributed by atoms with Gasteiger partial charge in [-0.25, -0.2) is 0 Å². The van der Waals surface area contributed by atoms with Gasteiger partial charge in [0.05, 0.1) is 4.99 Å². The smallest absolute Gasteiger partial charge is 0.0816 e. The first-order valence-corrected chi connectivity index (χ1v) is 7.57. The molecule has 1 aromatic rings. The van der Waals surface area contributed by atoms with Gasteiger partial charge in [-0.1, -0.05) is 56.4 Å². The molecule has 2 nitrogen and oxygen atoms in total. The van der Waals surface area contributed by atoms with Gasteiger partial charge in [0.25, 0.3) is 0 Å². The molecule has 0 aliphatic heterocycles. The zero-order chi connectivity index (χ0) is 13.8. The highest BCUT2D eigenvalue weighted by Crippen LogP contribution is 2.30. The summed E-state index contributed by atoms with van der Waals surface area (Å²) in [5, 5.41) is 0. The molecule has 104 valence electrons. The first-order valence-electron chi connectivity index (χ1n) is 7.16. The van der Waals surface area contributed by atoms with Crippen LogP contribution in [0.2, 0.25) is 0 Å². The summed E-state index contributed by atoms with van der Waals surface area (Å²) >= 11 is 5.29. The molecule has 0 radical (unpaired) electrons. The second kappa shape index (κ2) is 6.49. The monoisotopic (exact) mass is 276 g/mol. The molecule has 1 aliphatic carbocycles. The Bertz CT molecular complexity index is 412. The lowest BCUT2D eigenvalue weighted by Crippen LogP contribution is -2.37. The molecule has 1 aromatic carbocycles. The van der Waals surface area contributed by atoms with E-state index in [1.807, 2.05) is 6.07 Å². The Hall–Kier alpha value is -0.930. The van der Waals surface area contributed by atoms with Crippen LogP contribution >= 0.6 is 12.2 Å². The first kappa shape index (κ1) is 14.5. The standard InChI is InChI=1S/C16H24N2S/c1-12(2)10-18(14-8-9-14)11-15(16(17)19)13-6-4-3-5-7-13/h3-7,12,14-15H,8-11H2,1-2H3,(H2,17,19). The van der Waals surface area contributed by atoms with E-state index in [0.29, 0.717) is 10.9 Å². The van der Waals surface area contributed by atoms with Crippen molar-refractivity contribution < 1.29 is 0 Å². The van der Waals surface area contributed by atoms with E-state index < -0.39 is 0 Å². The van der Waals surface area contributed by atoms with Gasteiger partial charge in [0.1, 0.15) is 0 Å². The predicted molar refractivity (Wildman–Crippen MR) is 85.4 cm³/mol. The van der Waals surface area contributed by atoms with E-state index in [-0.39, 0.29) is 5.92 Å². The number of nitrogens with two attached hydrogens (primary N) is 1. The van der Waals surface area contributed by atoms with Crippen molar-refractivity contribution in [3.8, 4) is 0 Å². The van der Waals surface area contributed by atoms with E-state index in [9.17, 15) is 0 Å². The van der Waals surface area contributed by atoms with Gasteiger partial charge in [-0.15, -0.1) is 0 Å². The minimum atomic E-state index is 0.176. The summed E-state index contributed by atoms with van der Waals surface area (Å²) in [4.78, 5) is 3.18. The van der Waals surface area contributed by atoms with Crippen molar-refractivity contribution in [3.63, 3.8) is 0 Å². The Balaban J connectivity index is 2.09. The van der Waals surface area contributed by atoms with E-state index in [2.05, 4.69) is 43.0 Å². The molecule has 1 atom stereocenters. The highest BCUT2D eigenvalue weighted by Gasteiger charge is 2.31. The molecular weight excluding hydrogens is 252 g/mol. The van der Waals surface area contributed by atoms with E-state index in [0.717, 1.165) is 19.1 Å². The number of hydrogen-bond acceptors (Lipinski definition) is 2. The van der Waals surface area contributed by atoms with Crippen molar-refractivity contribution in [2.45, 2.75) is 38.6 Å². The Morgan fingerprint density at radius 2 is 1.89 bits per heavy atom. The topological polar surface area (TPSA) is 29.3 Å². The third-order valence-corrected chi connectivity index (χ3v) is 3.91. The molecule has 1 aliphatic rings. The van der Waals surface area contributed by atoms with Crippen LogP contribution in [-0.2, 0) is 0 Å². The average molecular weight is 276 g/mol. The Morgan fingerprint density at radius 3 is 2.37 bits per heavy atom. The SMILES string of the molecule is CC(C)CN(CC(C(N)=S)c1ccccc1)C1CC1. The van der Waals surface area contributed by atoms with E-state index >= 15 is 0 Å². The fourth-order valence-electron chi connectivity index (χ4n) is 2.56. The molecule has 2 N–H and O–H groups in total. The van der Waals surface area contributed by atoms with Crippen molar-refractivity contribution in [2.24, 2.45) is 11.7 Å². The molecule has 3 heteroatoms. The van der Waals surface area contributed by atoms with Crippen LogP contribution in [0.1, 0.15) is 38.2 Å². The molecule has 1 unspecified atom stereocenters. The maximum atomic E-state index is 5.97. The number of thiocarbonyl (C=S) groups is 1. The van der Waals surface area contributed by atoms with Crippen LogP contribution in [0.5, 0.6) is 0 Å². The average Bonchev–Trinajstić information content (AvgIpc) is 3.18. The lowest BCUT2D eigenvalue weighted by Gasteiger charge is -2.28. The van der Waals surface area contributed by atoms with Crippen molar-refractivity contribution in [3.05, 3.63) is 35.9 Å². The van der Waals surface area contributed by atoms with Crippen LogP contribution in [0.25, 0.3) is 0 Å². The van der Waals surface area contributed by atoms with Gasteiger partial charge in [0.2, 0.25) is 0 Å². The van der Waals surface area contributed by atoms with E-state index in [4.69, 9.17) is 18.0 Å². The first-order chi connectivity index (χ1) is 9.08. The number of hydrogen-bond donors (Lipinski definition) is 1. The summed E-state index contributed by atoms with van der Waals surface area (Å²) in [5.41, 5.74) is 7.21. The second-order valence-electron chi connectivity index (χ2n) is 5.94. The molecule has 2 rings (SSSR count). The molecule has 0 amide bonds. The van der Waals surface area contributed by atoms with Gasteiger partial charge in [-0.2, -0.15) is 0 Å². The number of benzene rings is 1. The third-order valence-electron chi connectivity index (χ3n) is 3.63. The molecule has 19 heavy (non-hydrogen) atoms. The van der Waals surface area contributed by atoms with Crippen LogP contribution < -0.4 is 5.73 Å². The van der Waals surface area contributed by atoms with Crippen molar-refractivity contribution >= 4 is 17.2 Å². The summed E-state index contributed by atoms with van der Waals surface area (Å²) in [6, 6.07) is 11.2. The maximum Gasteiger partial charge on any atom is 0.0816 e. The lowest BCUT2D eigenvalue weighted by molar-refractivity contribution is 0.232. The largest absolute Gasteiger partial charge is 0.393 e. The Kier molecular flexibility index (Phi) is 4.94. The van der Waals surface area contributed by atoms with E-state index in [1.165, 1.54) is 18.4 Å². The van der Waals surface area contributed by atoms with Crippen LogP contribution in [0.3, 0.4) is 0 Å². The molecule has 1 saturated carbocycles. The van der Waals surface area contributed by atoms with Gasteiger partial charge < -0.3 is 5.73 Å². The molecular formula is C16H24N2S. The summed E-state index contributed by atoms with van der Waals surface area (Å²) in [5.74, 6) is 0.860. The minimum absolute atomic E-state index is 0.176. The highest BCUT2D eigenvalue weighted by atomic mass is 32.1. The van der Waals surface area contributed by atoms with Gasteiger partial charge >= 0.3 is 0 Å². The quantitative estimate of drug-likeness (QED) is 0.776. The van der Waals surface area contributed by atoms with Gasteiger partial charge in [0, 0.05) is 25.0 Å². The molecule has 0 saturated heterocycles. The molecule has 1 fully saturated rings. The molecule has 0 spiro atoms. The van der Waals surface area contributed by atoms with E-state index in [1.54, 1.807) is 0 Å². The normalized spacial score (nSPS) is 16.8. The zero-order valence-corrected chi connectivity index (χ0v) is 12.7. The highest BCUT2D eigenvalue weighted by molar-refractivity contribution is 7.80. The van der Waals surface area contributed by atoms with Crippen LogP contribution in [0, 0.1) is 5.92 Å². The van der Waals surface area contributed by atoms with Gasteiger partial charge in [-0.3, -0.25) is 4.90 Å². The molecule has 0 bridgehead atoms. The Morgan fingerprint density at radius 1 is 1.26 bits per heavy atom. The van der Waals surface area contributed by atoms with Crippen LogP contribution in [-0.4, -0.2) is 29.0 Å².